The Morgan fingerprint density at radius 2 is 1.92 bits per heavy atom. The van der Waals surface area contributed by atoms with Gasteiger partial charge in [0, 0.05) is 17.4 Å². The van der Waals surface area contributed by atoms with Crippen LogP contribution in [0.4, 0.5) is 10.1 Å². The smallest absolute Gasteiger partial charge is 0.373 e. The first-order valence-corrected chi connectivity index (χ1v) is 7.69. The normalized spacial score (nSPS) is 10.4. The number of furan rings is 1. The van der Waals surface area contributed by atoms with Crippen molar-refractivity contribution in [1.82, 2.24) is 4.98 Å². The van der Waals surface area contributed by atoms with Gasteiger partial charge < -0.3 is 14.5 Å². The highest BCUT2D eigenvalue weighted by Gasteiger charge is 2.16. The second-order valence-electron chi connectivity index (χ2n) is 5.46. The van der Waals surface area contributed by atoms with E-state index >= 15 is 0 Å². The molecular formula is C19H15FN2O4. The van der Waals surface area contributed by atoms with Crippen LogP contribution in [0.1, 0.15) is 26.7 Å². The van der Waals surface area contributed by atoms with Gasteiger partial charge in [0.25, 0.3) is 5.91 Å². The second kappa shape index (κ2) is 7.18. The Labute approximate surface area is 148 Å². The van der Waals surface area contributed by atoms with Gasteiger partial charge in [-0.15, -0.1) is 0 Å². The third-order valence-corrected chi connectivity index (χ3v) is 3.78. The van der Waals surface area contributed by atoms with Gasteiger partial charge in [0.15, 0.2) is 5.82 Å². The Kier molecular flexibility index (Phi) is 4.79. The SMILES string of the molecule is COC(=O)c1cc(-c2ccc(NC(=O)c3ccncc3F)cc2)c(C)o1. The number of anilines is 1. The van der Waals surface area contributed by atoms with Crippen molar-refractivity contribution in [3.63, 3.8) is 0 Å². The molecule has 7 heteroatoms. The molecule has 6 nitrogen and oxygen atoms in total. The summed E-state index contributed by atoms with van der Waals surface area (Å²) in [5, 5.41) is 2.62. The summed E-state index contributed by atoms with van der Waals surface area (Å²) in [5.74, 6) is -1.12. The summed E-state index contributed by atoms with van der Waals surface area (Å²) in [6.07, 6.45) is 2.33. The molecule has 0 atom stereocenters. The Morgan fingerprint density at radius 1 is 1.19 bits per heavy atom. The van der Waals surface area contributed by atoms with Gasteiger partial charge in [0.1, 0.15) is 5.76 Å². The summed E-state index contributed by atoms with van der Waals surface area (Å²) in [6.45, 7) is 1.74. The molecule has 0 fully saturated rings. The molecule has 132 valence electrons. The van der Waals surface area contributed by atoms with Crippen LogP contribution in [-0.4, -0.2) is 24.0 Å². The fourth-order valence-electron chi connectivity index (χ4n) is 2.46. The number of esters is 1. The van der Waals surface area contributed by atoms with Crippen molar-refractivity contribution in [1.29, 1.82) is 0 Å². The number of hydrogen-bond acceptors (Lipinski definition) is 5. The van der Waals surface area contributed by atoms with Crippen LogP contribution in [0.3, 0.4) is 0 Å². The molecule has 0 aliphatic rings. The van der Waals surface area contributed by atoms with Crippen LogP contribution < -0.4 is 5.32 Å². The number of aryl methyl sites for hydroxylation is 1. The van der Waals surface area contributed by atoms with Crippen molar-refractivity contribution in [3.8, 4) is 11.1 Å². The Hall–Kier alpha value is -3.48. The number of methoxy groups -OCH3 is 1. The maximum absolute atomic E-state index is 13.6. The molecule has 0 spiro atoms. The first-order valence-electron chi connectivity index (χ1n) is 7.69. The lowest BCUT2D eigenvalue weighted by Gasteiger charge is -2.07. The number of halogens is 1. The molecule has 1 N–H and O–H groups in total. The summed E-state index contributed by atoms with van der Waals surface area (Å²) in [7, 11) is 1.28. The zero-order valence-corrected chi connectivity index (χ0v) is 14.1. The van der Waals surface area contributed by atoms with Crippen molar-refractivity contribution in [2.24, 2.45) is 0 Å². The topological polar surface area (TPSA) is 81.4 Å². The van der Waals surface area contributed by atoms with Gasteiger partial charge in [-0.25, -0.2) is 9.18 Å². The van der Waals surface area contributed by atoms with Crippen LogP contribution in [-0.2, 0) is 4.74 Å². The number of aromatic nitrogens is 1. The predicted molar refractivity (Wildman–Crippen MR) is 92.4 cm³/mol. The fraction of sp³-hybridized carbons (Fsp3) is 0.105. The van der Waals surface area contributed by atoms with Crippen LogP contribution in [0.2, 0.25) is 0 Å². The molecule has 0 radical (unpaired) electrons. The van der Waals surface area contributed by atoms with E-state index in [2.05, 4.69) is 15.0 Å². The molecule has 2 aromatic heterocycles. The summed E-state index contributed by atoms with van der Waals surface area (Å²) in [5.41, 5.74) is 1.96. The Morgan fingerprint density at radius 3 is 2.58 bits per heavy atom. The lowest BCUT2D eigenvalue weighted by atomic mass is 10.1. The quantitative estimate of drug-likeness (QED) is 0.720. The molecule has 1 aromatic carbocycles. The summed E-state index contributed by atoms with van der Waals surface area (Å²) >= 11 is 0. The van der Waals surface area contributed by atoms with E-state index in [1.54, 1.807) is 37.3 Å². The molecule has 3 aromatic rings. The molecule has 0 aliphatic carbocycles. The van der Waals surface area contributed by atoms with Gasteiger partial charge in [0.2, 0.25) is 5.76 Å². The summed E-state index contributed by atoms with van der Waals surface area (Å²) < 4.78 is 23.6. The van der Waals surface area contributed by atoms with Gasteiger partial charge in [-0.05, 0) is 36.8 Å². The van der Waals surface area contributed by atoms with Gasteiger partial charge in [-0.3, -0.25) is 9.78 Å². The minimum atomic E-state index is -0.689. The van der Waals surface area contributed by atoms with Gasteiger partial charge in [0.05, 0.1) is 18.9 Å². The molecule has 0 aliphatic heterocycles. The number of nitrogens with zero attached hydrogens (tertiary/aromatic N) is 1. The lowest BCUT2D eigenvalue weighted by Crippen LogP contribution is -2.13. The number of rotatable bonds is 4. The minimum absolute atomic E-state index is 0.0857. The fourth-order valence-corrected chi connectivity index (χ4v) is 2.46. The first kappa shape index (κ1) is 17.3. The number of carbonyl (C=O) groups is 2. The van der Waals surface area contributed by atoms with E-state index in [9.17, 15) is 14.0 Å². The van der Waals surface area contributed by atoms with E-state index in [0.29, 0.717) is 11.4 Å². The maximum Gasteiger partial charge on any atom is 0.373 e. The highest BCUT2D eigenvalue weighted by molar-refractivity contribution is 6.04. The number of amides is 1. The van der Waals surface area contributed by atoms with Crippen molar-refractivity contribution in [3.05, 3.63) is 71.7 Å². The minimum Gasteiger partial charge on any atom is -0.463 e. The molecule has 1 amide bonds. The Balaban J connectivity index is 1.79. The van der Waals surface area contributed by atoms with Crippen molar-refractivity contribution in [2.45, 2.75) is 6.92 Å². The molecule has 26 heavy (non-hydrogen) atoms. The number of carbonyl (C=O) groups excluding carboxylic acids is 2. The van der Waals surface area contributed by atoms with Gasteiger partial charge in [-0.1, -0.05) is 12.1 Å². The number of pyridine rings is 1. The summed E-state index contributed by atoms with van der Waals surface area (Å²) in [6, 6.07) is 9.78. The van der Waals surface area contributed by atoms with E-state index < -0.39 is 17.7 Å². The van der Waals surface area contributed by atoms with Crippen LogP contribution in [0.5, 0.6) is 0 Å². The molecule has 0 saturated carbocycles. The van der Waals surface area contributed by atoms with Gasteiger partial charge in [-0.2, -0.15) is 0 Å². The van der Waals surface area contributed by atoms with Crippen molar-refractivity contribution in [2.75, 3.05) is 12.4 Å². The molecule has 0 unspecified atom stereocenters. The number of nitrogens with one attached hydrogen (secondary N) is 1. The zero-order chi connectivity index (χ0) is 18.7. The van der Waals surface area contributed by atoms with E-state index in [-0.39, 0.29) is 11.3 Å². The van der Waals surface area contributed by atoms with Crippen LogP contribution in [0.15, 0.2) is 53.2 Å². The highest BCUT2D eigenvalue weighted by atomic mass is 19.1. The third-order valence-electron chi connectivity index (χ3n) is 3.78. The monoisotopic (exact) mass is 354 g/mol. The van der Waals surface area contributed by atoms with Gasteiger partial charge >= 0.3 is 5.97 Å². The molecular weight excluding hydrogens is 339 g/mol. The zero-order valence-electron chi connectivity index (χ0n) is 14.1. The number of ether oxygens (including phenoxy) is 1. The van der Waals surface area contributed by atoms with Crippen LogP contribution in [0, 0.1) is 12.7 Å². The maximum atomic E-state index is 13.6. The number of hydrogen-bond donors (Lipinski definition) is 1. The van der Waals surface area contributed by atoms with E-state index in [1.165, 1.54) is 19.4 Å². The highest BCUT2D eigenvalue weighted by Crippen LogP contribution is 2.28. The largest absolute Gasteiger partial charge is 0.463 e. The lowest BCUT2D eigenvalue weighted by molar-refractivity contribution is 0.0563. The van der Waals surface area contributed by atoms with Crippen molar-refractivity contribution >= 4 is 17.6 Å². The average molecular weight is 354 g/mol. The van der Waals surface area contributed by atoms with E-state index in [4.69, 9.17) is 4.42 Å². The second-order valence-corrected chi connectivity index (χ2v) is 5.46. The van der Waals surface area contributed by atoms with Crippen LogP contribution in [0.25, 0.3) is 11.1 Å². The Bertz CT molecular complexity index is 964. The third kappa shape index (κ3) is 3.46. The van der Waals surface area contributed by atoms with E-state index in [1.807, 2.05) is 0 Å². The molecule has 3 rings (SSSR count). The molecule has 2 heterocycles. The van der Waals surface area contributed by atoms with Crippen molar-refractivity contribution < 1.29 is 23.1 Å². The standard InChI is InChI=1S/C19H15FN2O4/c1-11-15(9-17(26-11)19(24)25-2)12-3-5-13(6-4-12)22-18(23)14-7-8-21-10-16(14)20/h3-10H,1-2H3,(H,22,23). The molecule has 0 saturated heterocycles. The first-order chi connectivity index (χ1) is 12.5. The molecule has 0 bridgehead atoms. The number of benzene rings is 1. The van der Waals surface area contributed by atoms with E-state index in [0.717, 1.165) is 17.3 Å². The summed E-state index contributed by atoms with van der Waals surface area (Å²) in [4.78, 5) is 27.3. The predicted octanol–water partition coefficient (Wildman–Crippen LogP) is 3.83. The van der Waals surface area contributed by atoms with Crippen LogP contribution >= 0.6 is 0 Å². The average Bonchev–Trinajstić information content (AvgIpc) is 3.03.